The molecule has 0 radical (unpaired) electrons. The maximum atomic E-state index is 12.9. The van der Waals surface area contributed by atoms with Crippen LogP contribution in [0.5, 0.6) is 0 Å². The van der Waals surface area contributed by atoms with Gasteiger partial charge in [0.1, 0.15) is 17.7 Å². The molecule has 27 heavy (non-hydrogen) atoms. The van der Waals surface area contributed by atoms with Crippen molar-refractivity contribution in [1.29, 1.82) is 0 Å². The van der Waals surface area contributed by atoms with Gasteiger partial charge in [0, 0.05) is 25.4 Å². The summed E-state index contributed by atoms with van der Waals surface area (Å²) < 4.78 is 3.46. The lowest BCUT2D eigenvalue weighted by Crippen LogP contribution is -2.48. The minimum atomic E-state index is -0.348. The fourth-order valence-corrected chi connectivity index (χ4v) is 3.43. The molecule has 1 aliphatic heterocycles. The molecule has 4 rings (SSSR count). The lowest BCUT2D eigenvalue weighted by Gasteiger charge is -2.32. The Morgan fingerprint density at radius 1 is 1.26 bits per heavy atom. The molecule has 1 fully saturated rings. The van der Waals surface area contributed by atoms with Crippen molar-refractivity contribution in [1.82, 2.24) is 29.5 Å². The van der Waals surface area contributed by atoms with E-state index in [4.69, 9.17) is 0 Å². The average Bonchev–Trinajstić information content (AvgIpc) is 3.22. The SMILES string of the molecule is Cc1cc(C)n(-c2cncc(N[C@H]3CCCN(c4ccnn4C)C3=O)n2)n1. The van der Waals surface area contributed by atoms with Gasteiger partial charge in [0.05, 0.1) is 24.3 Å². The molecule has 1 N–H and O–H groups in total. The average molecular weight is 366 g/mol. The summed E-state index contributed by atoms with van der Waals surface area (Å²) in [6.45, 7) is 4.60. The highest BCUT2D eigenvalue weighted by molar-refractivity contribution is 5.98. The van der Waals surface area contributed by atoms with Gasteiger partial charge >= 0.3 is 0 Å². The van der Waals surface area contributed by atoms with Gasteiger partial charge < -0.3 is 5.32 Å². The molecule has 0 saturated carbocycles. The lowest BCUT2D eigenvalue weighted by molar-refractivity contribution is -0.120. The van der Waals surface area contributed by atoms with E-state index < -0.39 is 0 Å². The Kier molecular flexibility index (Phi) is 4.35. The van der Waals surface area contributed by atoms with Crippen LogP contribution in [0.4, 0.5) is 11.6 Å². The van der Waals surface area contributed by atoms with E-state index in [0.717, 1.165) is 30.0 Å². The van der Waals surface area contributed by atoms with Gasteiger partial charge in [-0.1, -0.05) is 0 Å². The van der Waals surface area contributed by atoms with Crippen LogP contribution in [0.15, 0.2) is 30.7 Å². The van der Waals surface area contributed by atoms with E-state index >= 15 is 0 Å². The van der Waals surface area contributed by atoms with Gasteiger partial charge in [0.15, 0.2) is 5.82 Å². The molecule has 4 heterocycles. The zero-order valence-electron chi connectivity index (χ0n) is 15.6. The molecule has 0 bridgehead atoms. The second-order valence-corrected chi connectivity index (χ2v) is 6.74. The number of hydrogen-bond donors (Lipinski definition) is 1. The molecule has 0 aliphatic carbocycles. The summed E-state index contributed by atoms with van der Waals surface area (Å²) in [5, 5.41) is 11.8. The molecule has 3 aromatic heterocycles. The molecule has 9 nitrogen and oxygen atoms in total. The predicted molar refractivity (Wildman–Crippen MR) is 101 cm³/mol. The van der Waals surface area contributed by atoms with Crippen molar-refractivity contribution in [3.05, 3.63) is 42.1 Å². The Balaban J connectivity index is 1.55. The highest BCUT2D eigenvalue weighted by atomic mass is 16.2. The first-order chi connectivity index (χ1) is 13.0. The number of aryl methyl sites for hydroxylation is 3. The fourth-order valence-electron chi connectivity index (χ4n) is 3.43. The largest absolute Gasteiger partial charge is 0.357 e. The van der Waals surface area contributed by atoms with Crippen LogP contribution in [0, 0.1) is 13.8 Å². The molecular formula is C18H22N8O. The summed E-state index contributed by atoms with van der Waals surface area (Å²) in [5.74, 6) is 2.00. The first kappa shape index (κ1) is 17.2. The van der Waals surface area contributed by atoms with E-state index in [0.29, 0.717) is 18.2 Å². The molecule has 0 aromatic carbocycles. The molecule has 3 aromatic rings. The summed E-state index contributed by atoms with van der Waals surface area (Å²) >= 11 is 0. The normalized spacial score (nSPS) is 17.4. The summed E-state index contributed by atoms with van der Waals surface area (Å²) in [6.07, 6.45) is 6.64. The quantitative estimate of drug-likeness (QED) is 0.754. The monoisotopic (exact) mass is 366 g/mol. The summed E-state index contributed by atoms with van der Waals surface area (Å²) in [7, 11) is 1.84. The van der Waals surface area contributed by atoms with Crippen molar-refractivity contribution >= 4 is 17.5 Å². The van der Waals surface area contributed by atoms with Crippen LogP contribution in [0.2, 0.25) is 0 Å². The number of hydrogen-bond acceptors (Lipinski definition) is 6. The topological polar surface area (TPSA) is 93.8 Å². The second-order valence-electron chi connectivity index (χ2n) is 6.74. The van der Waals surface area contributed by atoms with Crippen molar-refractivity contribution in [3.63, 3.8) is 0 Å². The van der Waals surface area contributed by atoms with Crippen LogP contribution in [0.1, 0.15) is 24.2 Å². The van der Waals surface area contributed by atoms with Gasteiger partial charge in [0.25, 0.3) is 5.91 Å². The lowest BCUT2D eigenvalue weighted by atomic mass is 10.0. The van der Waals surface area contributed by atoms with Crippen LogP contribution in [-0.4, -0.2) is 48.0 Å². The van der Waals surface area contributed by atoms with Gasteiger partial charge in [-0.3, -0.25) is 19.4 Å². The van der Waals surface area contributed by atoms with Crippen molar-refractivity contribution < 1.29 is 4.79 Å². The molecule has 1 amide bonds. The molecule has 0 unspecified atom stereocenters. The van der Waals surface area contributed by atoms with Crippen molar-refractivity contribution in [3.8, 4) is 5.82 Å². The van der Waals surface area contributed by atoms with E-state index in [1.165, 1.54) is 0 Å². The number of carbonyl (C=O) groups is 1. The molecule has 1 aliphatic rings. The van der Waals surface area contributed by atoms with Crippen LogP contribution in [0.3, 0.4) is 0 Å². The van der Waals surface area contributed by atoms with Crippen LogP contribution < -0.4 is 10.2 Å². The number of piperidine rings is 1. The van der Waals surface area contributed by atoms with Gasteiger partial charge in [-0.25, -0.2) is 9.67 Å². The van der Waals surface area contributed by atoms with E-state index in [9.17, 15) is 4.79 Å². The Morgan fingerprint density at radius 2 is 2.11 bits per heavy atom. The van der Waals surface area contributed by atoms with Gasteiger partial charge in [-0.05, 0) is 32.8 Å². The van der Waals surface area contributed by atoms with Crippen molar-refractivity contribution in [2.75, 3.05) is 16.8 Å². The van der Waals surface area contributed by atoms with Crippen molar-refractivity contribution in [2.45, 2.75) is 32.7 Å². The van der Waals surface area contributed by atoms with Crippen molar-refractivity contribution in [2.24, 2.45) is 7.05 Å². The number of amides is 1. The Morgan fingerprint density at radius 3 is 2.81 bits per heavy atom. The maximum absolute atomic E-state index is 12.9. The second kappa shape index (κ2) is 6.82. The van der Waals surface area contributed by atoms with Crippen LogP contribution in [0.25, 0.3) is 5.82 Å². The number of aromatic nitrogens is 6. The maximum Gasteiger partial charge on any atom is 0.250 e. The predicted octanol–water partition coefficient (Wildman–Crippen LogP) is 1.62. The van der Waals surface area contributed by atoms with E-state index in [-0.39, 0.29) is 11.9 Å². The number of anilines is 2. The summed E-state index contributed by atoms with van der Waals surface area (Å²) in [6, 6.07) is 3.49. The number of rotatable bonds is 4. The molecule has 0 spiro atoms. The summed E-state index contributed by atoms with van der Waals surface area (Å²) in [4.78, 5) is 23.6. The summed E-state index contributed by atoms with van der Waals surface area (Å²) in [5.41, 5.74) is 1.90. The van der Waals surface area contributed by atoms with E-state index in [1.54, 1.807) is 32.9 Å². The van der Waals surface area contributed by atoms with Gasteiger partial charge in [-0.15, -0.1) is 0 Å². The third-order valence-electron chi connectivity index (χ3n) is 4.68. The van der Waals surface area contributed by atoms with E-state index in [1.807, 2.05) is 33.0 Å². The smallest absolute Gasteiger partial charge is 0.250 e. The van der Waals surface area contributed by atoms with E-state index in [2.05, 4.69) is 25.5 Å². The molecule has 9 heteroatoms. The number of nitrogens with zero attached hydrogens (tertiary/aromatic N) is 7. The Labute approximate surface area is 157 Å². The standard InChI is InChI=1S/C18H22N8O/c1-12-9-13(2)26(23-12)16-11-19-10-15(22-16)21-14-5-4-8-25(18(14)27)17-6-7-20-24(17)3/h6-7,9-11,14H,4-5,8H2,1-3H3,(H,21,22)/t14-/m0/s1. The zero-order chi connectivity index (χ0) is 19.0. The zero-order valence-corrected chi connectivity index (χ0v) is 15.6. The molecular weight excluding hydrogens is 344 g/mol. The fraction of sp³-hybridized carbons (Fsp3) is 0.389. The molecule has 1 saturated heterocycles. The highest BCUT2D eigenvalue weighted by Crippen LogP contribution is 2.22. The Bertz CT molecular complexity index is 975. The number of carbonyl (C=O) groups excluding carboxylic acids is 1. The number of nitrogens with one attached hydrogen (secondary N) is 1. The van der Waals surface area contributed by atoms with Crippen LogP contribution in [-0.2, 0) is 11.8 Å². The third-order valence-corrected chi connectivity index (χ3v) is 4.68. The molecule has 140 valence electrons. The third kappa shape index (κ3) is 3.27. The first-order valence-corrected chi connectivity index (χ1v) is 8.94. The highest BCUT2D eigenvalue weighted by Gasteiger charge is 2.31. The van der Waals surface area contributed by atoms with Crippen LogP contribution >= 0.6 is 0 Å². The molecule has 1 atom stereocenters. The first-order valence-electron chi connectivity index (χ1n) is 8.94. The minimum Gasteiger partial charge on any atom is -0.357 e. The minimum absolute atomic E-state index is 0.0168. The Hall–Kier alpha value is -3.23. The van der Waals surface area contributed by atoms with Gasteiger partial charge in [-0.2, -0.15) is 10.2 Å². The van der Waals surface area contributed by atoms with Gasteiger partial charge in [0.2, 0.25) is 0 Å².